The summed E-state index contributed by atoms with van der Waals surface area (Å²) in [6, 6.07) is 37.3. The number of hydrogen-bond acceptors (Lipinski definition) is 0. The third-order valence-corrected chi connectivity index (χ3v) is 9.33. The maximum Gasteiger partial charge on any atom is -0.000115 e. The van der Waals surface area contributed by atoms with Crippen molar-refractivity contribution < 1.29 is 0 Å². The molecule has 0 heteroatoms. The van der Waals surface area contributed by atoms with E-state index in [-0.39, 0.29) is 0 Å². The molecule has 11 aromatic rings. The highest BCUT2D eigenvalue weighted by Crippen LogP contribution is 2.55. The zero-order valence-corrected chi connectivity index (χ0v) is 19.2. The predicted molar refractivity (Wildman–Crippen MR) is 157 cm³/mol. The van der Waals surface area contributed by atoms with E-state index in [1.54, 1.807) is 0 Å². The van der Waals surface area contributed by atoms with Crippen LogP contribution in [0.2, 0.25) is 0 Å². The van der Waals surface area contributed by atoms with Gasteiger partial charge in [0.05, 0.1) is 0 Å². The van der Waals surface area contributed by atoms with Crippen LogP contribution in [0, 0.1) is 0 Å². The first-order valence-corrected chi connectivity index (χ1v) is 12.8. The van der Waals surface area contributed by atoms with E-state index in [1.165, 1.54) is 108 Å². The van der Waals surface area contributed by atoms with E-state index in [4.69, 9.17) is 0 Å². The van der Waals surface area contributed by atoms with Crippen molar-refractivity contribution in [3.63, 3.8) is 0 Å². The van der Waals surface area contributed by atoms with Crippen molar-refractivity contribution in [3.05, 3.63) is 97.1 Å². The summed E-state index contributed by atoms with van der Waals surface area (Å²) in [7, 11) is 0. The van der Waals surface area contributed by atoms with E-state index >= 15 is 0 Å². The maximum absolute atomic E-state index is 2.43. The second-order valence-corrected chi connectivity index (χ2v) is 10.8. The van der Waals surface area contributed by atoms with Crippen molar-refractivity contribution in [2.45, 2.75) is 0 Å². The summed E-state index contributed by atoms with van der Waals surface area (Å²) in [5, 5.41) is 28.0. The summed E-state index contributed by atoms with van der Waals surface area (Å²) in [6.07, 6.45) is 0. The molecule has 0 fully saturated rings. The van der Waals surface area contributed by atoms with Crippen molar-refractivity contribution in [1.82, 2.24) is 0 Å². The van der Waals surface area contributed by atoms with Gasteiger partial charge in [-0.05, 0) is 120 Å². The van der Waals surface area contributed by atoms with Gasteiger partial charge in [0.1, 0.15) is 0 Å². The predicted octanol–water partition coefficient (Wildman–Crippen LogP) is 10.4. The first-order valence-electron chi connectivity index (χ1n) is 12.8. The zero-order chi connectivity index (χ0) is 22.9. The minimum absolute atomic E-state index is 1.34. The lowest BCUT2D eigenvalue weighted by Gasteiger charge is -2.25. The number of benzene rings is 11. The van der Waals surface area contributed by atoms with Crippen LogP contribution < -0.4 is 0 Å². The van der Waals surface area contributed by atoms with Gasteiger partial charge in [-0.2, -0.15) is 0 Å². The molecule has 0 amide bonds. The van der Waals surface area contributed by atoms with Crippen molar-refractivity contribution in [2.75, 3.05) is 0 Å². The highest BCUT2D eigenvalue weighted by Gasteiger charge is 2.26. The second kappa shape index (κ2) is 5.12. The van der Waals surface area contributed by atoms with Gasteiger partial charge in [0, 0.05) is 0 Å². The molecule has 0 bridgehead atoms. The molecule has 0 saturated carbocycles. The van der Waals surface area contributed by atoms with E-state index in [2.05, 4.69) is 97.1 Å². The van der Waals surface area contributed by atoms with E-state index in [0.717, 1.165) is 0 Å². The van der Waals surface area contributed by atoms with Crippen LogP contribution in [-0.2, 0) is 0 Å². The van der Waals surface area contributed by atoms with E-state index in [0.29, 0.717) is 0 Å². The summed E-state index contributed by atoms with van der Waals surface area (Å²) in [6.45, 7) is 0. The van der Waals surface area contributed by atoms with Crippen LogP contribution in [0.15, 0.2) is 97.1 Å². The van der Waals surface area contributed by atoms with Gasteiger partial charge >= 0.3 is 0 Å². The van der Waals surface area contributed by atoms with Crippen LogP contribution in [-0.4, -0.2) is 0 Å². The van der Waals surface area contributed by atoms with Gasteiger partial charge in [0.25, 0.3) is 0 Å². The molecule has 0 atom stereocenters. The van der Waals surface area contributed by atoms with Crippen molar-refractivity contribution in [1.29, 1.82) is 0 Å². The minimum Gasteiger partial charge on any atom is -0.0610 e. The van der Waals surface area contributed by atoms with Crippen LogP contribution in [0.5, 0.6) is 0 Å². The van der Waals surface area contributed by atoms with Crippen molar-refractivity contribution in [3.8, 4) is 0 Å². The quantitative estimate of drug-likeness (QED) is 0.160. The SMILES string of the molecule is c1cc2ccc3cc4ccc5c6cccc7ccc8cc9ccc%10c(c1)c2c3c1c4c5c(c8c76)c9c%101. The second-order valence-electron chi connectivity index (χ2n) is 10.8. The standard InChI is InChI=1S/C36H16/c1-3-17-7-9-19-15-22-12-14-26-24-6-2-4-18-8-10-20-16-21-11-13-25-23(5-1)27(17)29(19)35-32(22)34(26)36(30(20)28(18)24)31(21)33(25)35/h1-16H. The number of fused-ring (bicyclic) bond motifs is 2. The lowest BCUT2D eigenvalue weighted by atomic mass is 9.77. The maximum atomic E-state index is 2.43. The van der Waals surface area contributed by atoms with Crippen LogP contribution >= 0.6 is 0 Å². The van der Waals surface area contributed by atoms with Crippen LogP contribution in [0.4, 0.5) is 0 Å². The topological polar surface area (TPSA) is 0 Å². The Morgan fingerprint density at radius 2 is 0.583 bits per heavy atom. The third kappa shape index (κ3) is 1.55. The molecule has 0 heterocycles. The first kappa shape index (κ1) is 16.9. The molecular weight excluding hydrogens is 432 g/mol. The Hall–Kier alpha value is -4.68. The molecule has 0 saturated heterocycles. The highest BCUT2D eigenvalue weighted by atomic mass is 14.3. The largest absolute Gasteiger partial charge is 0.0610 e. The molecule has 160 valence electrons. The molecule has 0 unspecified atom stereocenters. The molecule has 0 aliphatic rings. The van der Waals surface area contributed by atoms with Crippen LogP contribution in [0.1, 0.15) is 0 Å². The average molecular weight is 449 g/mol. The molecule has 0 radical (unpaired) electrons. The number of hydrogen-bond donors (Lipinski definition) is 0. The van der Waals surface area contributed by atoms with E-state index in [1.807, 2.05) is 0 Å². The molecule has 36 heavy (non-hydrogen) atoms. The van der Waals surface area contributed by atoms with Gasteiger partial charge in [-0.3, -0.25) is 0 Å². The molecule has 0 aromatic heterocycles. The Bertz CT molecular complexity index is 2480. The lowest BCUT2D eigenvalue weighted by molar-refractivity contribution is 1.81. The molecule has 0 spiro atoms. The Morgan fingerprint density at radius 1 is 0.222 bits per heavy atom. The van der Waals surface area contributed by atoms with Gasteiger partial charge in [0.2, 0.25) is 0 Å². The fourth-order valence-electron chi connectivity index (χ4n) is 8.09. The minimum atomic E-state index is 1.34. The van der Waals surface area contributed by atoms with Crippen LogP contribution in [0.3, 0.4) is 0 Å². The lowest BCUT2D eigenvalue weighted by Crippen LogP contribution is -1.97. The Balaban J connectivity index is 1.69. The highest BCUT2D eigenvalue weighted by molar-refractivity contribution is 6.54. The Morgan fingerprint density at radius 3 is 1.06 bits per heavy atom. The molecule has 0 nitrogen and oxygen atoms in total. The molecule has 0 N–H and O–H groups in total. The fourth-order valence-corrected chi connectivity index (χ4v) is 8.09. The third-order valence-electron chi connectivity index (χ3n) is 9.33. The Kier molecular flexibility index (Phi) is 2.40. The molecule has 0 aliphatic carbocycles. The first-order chi connectivity index (χ1) is 17.9. The summed E-state index contributed by atoms with van der Waals surface area (Å²) in [5.41, 5.74) is 0. The van der Waals surface area contributed by atoms with Crippen molar-refractivity contribution >= 4 is 108 Å². The average Bonchev–Trinajstić information content (AvgIpc) is 2.93. The molecule has 11 rings (SSSR count). The van der Waals surface area contributed by atoms with Gasteiger partial charge in [0.15, 0.2) is 0 Å². The fraction of sp³-hybridized carbons (Fsp3) is 0. The zero-order valence-electron chi connectivity index (χ0n) is 19.2. The van der Waals surface area contributed by atoms with Gasteiger partial charge in [-0.1, -0.05) is 84.9 Å². The number of rotatable bonds is 0. The van der Waals surface area contributed by atoms with E-state index in [9.17, 15) is 0 Å². The molecular formula is C36H16. The summed E-state index contributed by atoms with van der Waals surface area (Å²) in [4.78, 5) is 0. The Labute approximate surface area is 204 Å². The van der Waals surface area contributed by atoms with Crippen molar-refractivity contribution in [2.24, 2.45) is 0 Å². The monoisotopic (exact) mass is 448 g/mol. The van der Waals surface area contributed by atoms with Gasteiger partial charge in [-0.25, -0.2) is 0 Å². The summed E-state index contributed by atoms with van der Waals surface area (Å²) in [5.74, 6) is 0. The normalized spacial score (nSPS) is 13.6. The smallest absolute Gasteiger partial charge is 0.000115 e. The van der Waals surface area contributed by atoms with E-state index < -0.39 is 0 Å². The van der Waals surface area contributed by atoms with Crippen LogP contribution in [0.25, 0.3) is 108 Å². The molecule has 0 aliphatic heterocycles. The summed E-state index contributed by atoms with van der Waals surface area (Å²) < 4.78 is 0. The molecule has 11 aromatic carbocycles. The van der Waals surface area contributed by atoms with Gasteiger partial charge in [-0.15, -0.1) is 0 Å². The summed E-state index contributed by atoms with van der Waals surface area (Å²) >= 11 is 0. The van der Waals surface area contributed by atoms with Gasteiger partial charge < -0.3 is 0 Å².